The van der Waals surface area contributed by atoms with Crippen molar-refractivity contribution in [2.45, 2.75) is 25.7 Å². The Morgan fingerprint density at radius 2 is 1.87 bits per heavy atom. The average Bonchev–Trinajstić information content (AvgIpc) is 2.55. The van der Waals surface area contributed by atoms with E-state index >= 15 is 0 Å². The summed E-state index contributed by atoms with van der Waals surface area (Å²) in [4.78, 5) is 13.4. The minimum absolute atomic E-state index is 0.0411. The minimum atomic E-state index is -0.0411. The first-order valence-corrected chi connectivity index (χ1v) is 8.80. The molecule has 0 aliphatic rings. The summed E-state index contributed by atoms with van der Waals surface area (Å²) in [6, 6.07) is 13.9. The number of carbonyl (C=O) groups excluding carboxylic acids is 1. The van der Waals surface area contributed by atoms with Crippen LogP contribution in [0.4, 0.5) is 0 Å². The zero-order chi connectivity index (χ0) is 16.7. The quantitative estimate of drug-likeness (QED) is 0.610. The van der Waals surface area contributed by atoms with Gasteiger partial charge in [-0.2, -0.15) is 0 Å². The number of nitrogens with one attached hydrogen (secondary N) is 1. The molecule has 0 aliphatic heterocycles. The molecule has 0 radical (unpaired) electrons. The largest absolute Gasteiger partial charge is 0.494 e. The highest BCUT2D eigenvalue weighted by Crippen LogP contribution is 2.19. The second kappa shape index (κ2) is 8.63. The van der Waals surface area contributed by atoms with Gasteiger partial charge in [0.15, 0.2) is 0 Å². The summed E-state index contributed by atoms with van der Waals surface area (Å²) in [5, 5.41) is 2.96. The highest BCUT2D eigenvalue weighted by Gasteiger charge is 2.07. The van der Waals surface area contributed by atoms with E-state index in [9.17, 15) is 4.79 Å². The third-order valence-corrected chi connectivity index (χ3v) is 4.43. The summed E-state index contributed by atoms with van der Waals surface area (Å²) in [5.74, 6) is 1.64. The van der Waals surface area contributed by atoms with Crippen molar-refractivity contribution in [2.24, 2.45) is 0 Å². The molecular weight excluding hydrogens is 306 g/mol. The summed E-state index contributed by atoms with van der Waals surface area (Å²) < 4.78 is 5.49. The van der Waals surface area contributed by atoms with Gasteiger partial charge in [0.05, 0.1) is 6.61 Å². The molecule has 23 heavy (non-hydrogen) atoms. The molecule has 2 rings (SSSR count). The fraction of sp³-hybridized carbons (Fsp3) is 0.316. The predicted octanol–water partition coefficient (Wildman–Crippen LogP) is 4.22. The first-order chi connectivity index (χ1) is 11.1. The summed E-state index contributed by atoms with van der Waals surface area (Å²) in [7, 11) is 0. The molecule has 0 saturated carbocycles. The number of aryl methyl sites for hydroxylation is 2. The van der Waals surface area contributed by atoms with E-state index < -0.39 is 0 Å². The molecule has 0 saturated heterocycles. The topological polar surface area (TPSA) is 38.3 Å². The lowest BCUT2D eigenvalue weighted by Gasteiger charge is -2.09. The van der Waals surface area contributed by atoms with E-state index in [1.807, 2.05) is 26.0 Å². The lowest BCUT2D eigenvalue weighted by atomic mass is 10.1. The molecule has 122 valence electrons. The van der Waals surface area contributed by atoms with Crippen LogP contribution in [0, 0.1) is 13.8 Å². The maximum atomic E-state index is 12.2. The number of rotatable bonds is 7. The Morgan fingerprint density at radius 1 is 1.13 bits per heavy atom. The van der Waals surface area contributed by atoms with Crippen LogP contribution in [-0.2, 0) is 0 Å². The minimum Gasteiger partial charge on any atom is -0.494 e. The molecular formula is C19H23NO2S. The number of amides is 1. The van der Waals surface area contributed by atoms with Gasteiger partial charge in [-0.15, -0.1) is 11.8 Å². The van der Waals surface area contributed by atoms with Crippen molar-refractivity contribution in [1.29, 1.82) is 0 Å². The van der Waals surface area contributed by atoms with Gasteiger partial charge in [0.1, 0.15) is 5.75 Å². The van der Waals surface area contributed by atoms with Crippen LogP contribution in [0.25, 0.3) is 0 Å². The summed E-state index contributed by atoms with van der Waals surface area (Å²) in [5.41, 5.74) is 2.91. The third-order valence-electron chi connectivity index (χ3n) is 3.41. The molecule has 2 aromatic carbocycles. The number of ether oxygens (including phenoxy) is 1. The number of carbonyl (C=O) groups is 1. The van der Waals surface area contributed by atoms with E-state index in [1.54, 1.807) is 17.8 Å². The van der Waals surface area contributed by atoms with Crippen molar-refractivity contribution >= 4 is 17.7 Å². The SMILES string of the molecule is CCOc1ccc(C(=O)NCCSc2ccc(C)cc2)cc1C. The lowest BCUT2D eigenvalue weighted by molar-refractivity contribution is 0.0956. The number of thioether (sulfide) groups is 1. The van der Waals surface area contributed by atoms with Crippen molar-refractivity contribution < 1.29 is 9.53 Å². The zero-order valence-corrected chi connectivity index (χ0v) is 14.7. The van der Waals surface area contributed by atoms with E-state index in [2.05, 4.69) is 36.5 Å². The molecule has 0 atom stereocenters. The molecule has 4 heteroatoms. The van der Waals surface area contributed by atoms with Crippen molar-refractivity contribution in [3.63, 3.8) is 0 Å². The zero-order valence-electron chi connectivity index (χ0n) is 13.9. The van der Waals surface area contributed by atoms with Gasteiger partial charge in [-0.3, -0.25) is 4.79 Å². The Kier molecular flexibility index (Phi) is 6.53. The van der Waals surface area contributed by atoms with Gasteiger partial charge in [-0.1, -0.05) is 17.7 Å². The monoisotopic (exact) mass is 329 g/mol. The Morgan fingerprint density at radius 3 is 2.52 bits per heavy atom. The highest BCUT2D eigenvalue weighted by molar-refractivity contribution is 7.99. The molecule has 0 unspecified atom stereocenters. The maximum Gasteiger partial charge on any atom is 0.251 e. The standard InChI is InChI=1S/C19H23NO2S/c1-4-22-18-10-7-16(13-15(18)3)19(21)20-11-12-23-17-8-5-14(2)6-9-17/h5-10,13H,4,11-12H2,1-3H3,(H,20,21). The molecule has 0 spiro atoms. The van der Waals surface area contributed by atoms with Crippen LogP contribution in [0.3, 0.4) is 0 Å². The fourth-order valence-electron chi connectivity index (χ4n) is 2.18. The van der Waals surface area contributed by atoms with E-state index in [0.29, 0.717) is 18.7 Å². The molecule has 1 N–H and O–H groups in total. The fourth-order valence-corrected chi connectivity index (χ4v) is 2.95. The number of benzene rings is 2. The Labute approximate surface area is 142 Å². The maximum absolute atomic E-state index is 12.2. The van der Waals surface area contributed by atoms with Crippen LogP contribution in [-0.4, -0.2) is 24.8 Å². The molecule has 2 aromatic rings. The molecule has 3 nitrogen and oxygen atoms in total. The van der Waals surface area contributed by atoms with Crippen molar-refractivity contribution in [1.82, 2.24) is 5.32 Å². The summed E-state index contributed by atoms with van der Waals surface area (Å²) in [6.45, 7) is 7.25. The van der Waals surface area contributed by atoms with Gasteiger partial charge in [0.25, 0.3) is 5.91 Å². The average molecular weight is 329 g/mol. The molecule has 1 amide bonds. The summed E-state index contributed by atoms with van der Waals surface area (Å²) >= 11 is 1.74. The van der Waals surface area contributed by atoms with E-state index in [4.69, 9.17) is 4.74 Å². The van der Waals surface area contributed by atoms with Crippen LogP contribution >= 0.6 is 11.8 Å². The van der Waals surface area contributed by atoms with Crippen LogP contribution in [0.5, 0.6) is 5.75 Å². The summed E-state index contributed by atoms with van der Waals surface area (Å²) in [6.07, 6.45) is 0. The molecule has 0 aromatic heterocycles. The van der Waals surface area contributed by atoms with E-state index in [-0.39, 0.29) is 5.91 Å². The van der Waals surface area contributed by atoms with Gasteiger partial charge in [-0.25, -0.2) is 0 Å². The Bertz CT molecular complexity index is 653. The van der Waals surface area contributed by atoms with Crippen LogP contribution in [0.1, 0.15) is 28.4 Å². The lowest BCUT2D eigenvalue weighted by Crippen LogP contribution is -2.25. The van der Waals surface area contributed by atoms with Gasteiger partial charge >= 0.3 is 0 Å². The first-order valence-electron chi connectivity index (χ1n) is 7.81. The molecule has 0 aliphatic carbocycles. The van der Waals surface area contributed by atoms with E-state index in [1.165, 1.54) is 10.5 Å². The van der Waals surface area contributed by atoms with Crippen molar-refractivity contribution in [3.05, 3.63) is 59.2 Å². The van der Waals surface area contributed by atoms with Crippen molar-refractivity contribution in [2.75, 3.05) is 18.9 Å². The van der Waals surface area contributed by atoms with Gasteiger partial charge in [0.2, 0.25) is 0 Å². The highest BCUT2D eigenvalue weighted by atomic mass is 32.2. The third kappa shape index (κ3) is 5.32. The number of hydrogen-bond donors (Lipinski definition) is 1. The van der Waals surface area contributed by atoms with Gasteiger partial charge < -0.3 is 10.1 Å². The van der Waals surface area contributed by atoms with Crippen LogP contribution in [0.2, 0.25) is 0 Å². The Balaban J connectivity index is 1.80. The van der Waals surface area contributed by atoms with Crippen molar-refractivity contribution in [3.8, 4) is 5.75 Å². The molecule has 0 heterocycles. The second-order valence-electron chi connectivity index (χ2n) is 5.33. The van der Waals surface area contributed by atoms with Crippen LogP contribution in [0.15, 0.2) is 47.4 Å². The second-order valence-corrected chi connectivity index (χ2v) is 6.50. The van der Waals surface area contributed by atoms with Gasteiger partial charge in [-0.05, 0) is 56.7 Å². The Hall–Kier alpha value is -1.94. The van der Waals surface area contributed by atoms with Gasteiger partial charge in [0, 0.05) is 22.8 Å². The predicted molar refractivity (Wildman–Crippen MR) is 96.6 cm³/mol. The molecule has 0 bridgehead atoms. The smallest absolute Gasteiger partial charge is 0.251 e. The first kappa shape index (κ1) is 17.4. The normalized spacial score (nSPS) is 10.4. The van der Waals surface area contributed by atoms with E-state index in [0.717, 1.165) is 17.1 Å². The van der Waals surface area contributed by atoms with Crippen LogP contribution < -0.4 is 10.1 Å². The molecule has 0 fully saturated rings. The number of hydrogen-bond acceptors (Lipinski definition) is 3.